The highest BCUT2D eigenvalue weighted by Gasteiger charge is 2.10. The van der Waals surface area contributed by atoms with E-state index in [2.05, 4.69) is 0 Å². The Bertz CT molecular complexity index is 626. The van der Waals surface area contributed by atoms with Gasteiger partial charge in [0, 0.05) is 22.1 Å². The van der Waals surface area contributed by atoms with Crippen molar-refractivity contribution < 1.29 is 13.3 Å². The Morgan fingerprint density at radius 1 is 1.10 bits per heavy atom. The van der Waals surface area contributed by atoms with E-state index in [-0.39, 0.29) is 11.9 Å². The molecule has 2 aromatic carbocycles. The van der Waals surface area contributed by atoms with Crippen LogP contribution in [0.4, 0.5) is 4.39 Å². The highest BCUT2D eigenvalue weighted by atomic mass is 32.2. The molecule has 2 rings (SSSR count). The molecular formula is C17H19FO2S. The van der Waals surface area contributed by atoms with E-state index in [1.54, 1.807) is 12.1 Å². The van der Waals surface area contributed by atoms with Gasteiger partial charge in [-0.25, -0.2) is 4.39 Å². The molecule has 1 unspecified atom stereocenters. The minimum absolute atomic E-state index is 0.0720. The zero-order valence-electron chi connectivity index (χ0n) is 12.2. The summed E-state index contributed by atoms with van der Waals surface area (Å²) in [4.78, 5) is 0. The summed E-state index contributed by atoms with van der Waals surface area (Å²) in [7, 11) is -1.10. The Kier molecular flexibility index (Phi) is 5.51. The molecule has 0 fully saturated rings. The van der Waals surface area contributed by atoms with E-state index in [0.29, 0.717) is 11.5 Å². The van der Waals surface area contributed by atoms with Crippen LogP contribution in [-0.4, -0.2) is 10.3 Å². The van der Waals surface area contributed by atoms with Crippen LogP contribution in [0.1, 0.15) is 25.0 Å². The maximum absolute atomic E-state index is 13.1. The summed E-state index contributed by atoms with van der Waals surface area (Å²) >= 11 is 0. The van der Waals surface area contributed by atoms with Crippen LogP contribution in [0, 0.1) is 5.82 Å². The SMILES string of the molecule is CC(C)Oc1ccccc1CS(=O)Cc1cccc(F)c1. The first kappa shape index (κ1) is 15.7. The van der Waals surface area contributed by atoms with Crippen LogP contribution in [0.2, 0.25) is 0 Å². The second kappa shape index (κ2) is 7.36. The fourth-order valence-electron chi connectivity index (χ4n) is 2.03. The predicted molar refractivity (Wildman–Crippen MR) is 84.2 cm³/mol. The molecule has 21 heavy (non-hydrogen) atoms. The van der Waals surface area contributed by atoms with Crippen molar-refractivity contribution in [2.45, 2.75) is 31.5 Å². The van der Waals surface area contributed by atoms with Gasteiger partial charge in [0.2, 0.25) is 0 Å². The van der Waals surface area contributed by atoms with Gasteiger partial charge in [-0.05, 0) is 37.6 Å². The molecule has 112 valence electrons. The molecule has 0 aliphatic rings. The number of benzene rings is 2. The summed E-state index contributed by atoms with van der Waals surface area (Å²) in [6.45, 7) is 3.92. The minimum Gasteiger partial charge on any atom is -0.491 e. The number of hydrogen-bond acceptors (Lipinski definition) is 2. The molecule has 0 aromatic heterocycles. The van der Waals surface area contributed by atoms with Gasteiger partial charge in [0.15, 0.2) is 0 Å². The molecule has 0 N–H and O–H groups in total. The van der Waals surface area contributed by atoms with Gasteiger partial charge in [-0.3, -0.25) is 4.21 Å². The molecule has 0 radical (unpaired) electrons. The van der Waals surface area contributed by atoms with Crippen LogP contribution >= 0.6 is 0 Å². The average molecular weight is 306 g/mol. The highest BCUT2D eigenvalue weighted by Crippen LogP contribution is 2.22. The van der Waals surface area contributed by atoms with Crippen LogP contribution in [0.15, 0.2) is 48.5 Å². The van der Waals surface area contributed by atoms with Crippen LogP contribution in [0.3, 0.4) is 0 Å². The average Bonchev–Trinajstić information content (AvgIpc) is 2.40. The lowest BCUT2D eigenvalue weighted by Gasteiger charge is -2.14. The molecule has 1 atom stereocenters. The fraction of sp³-hybridized carbons (Fsp3) is 0.294. The summed E-state index contributed by atoms with van der Waals surface area (Å²) in [5.41, 5.74) is 1.66. The van der Waals surface area contributed by atoms with Crippen LogP contribution in [0.25, 0.3) is 0 Å². The molecule has 2 nitrogen and oxygen atoms in total. The van der Waals surface area contributed by atoms with Gasteiger partial charge in [0.05, 0.1) is 11.9 Å². The summed E-state index contributed by atoms with van der Waals surface area (Å²) in [5.74, 6) is 1.21. The third kappa shape index (κ3) is 4.97. The van der Waals surface area contributed by atoms with Gasteiger partial charge in [0.1, 0.15) is 11.6 Å². The van der Waals surface area contributed by atoms with E-state index in [9.17, 15) is 8.60 Å². The van der Waals surface area contributed by atoms with Crippen molar-refractivity contribution in [1.82, 2.24) is 0 Å². The normalized spacial score (nSPS) is 12.4. The molecular weight excluding hydrogens is 287 g/mol. The van der Waals surface area contributed by atoms with Crippen LogP contribution in [-0.2, 0) is 22.3 Å². The molecule has 0 saturated heterocycles. The first-order valence-corrected chi connectivity index (χ1v) is 8.37. The zero-order valence-corrected chi connectivity index (χ0v) is 13.0. The largest absolute Gasteiger partial charge is 0.491 e. The summed E-state index contributed by atoms with van der Waals surface area (Å²) < 4.78 is 31.1. The third-order valence-corrected chi connectivity index (χ3v) is 4.16. The lowest BCUT2D eigenvalue weighted by molar-refractivity contribution is 0.240. The number of para-hydroxylation sites is 1. The maximum atomic E-state index is 13.1. The van der Waals surface area contributed by atoms with E-state index in [4.69, 9.17) is 4.74 Å². The summed E-state index contributed by atoms with van der Waals surface area (Å²) in [6, 6.07) is 13.8. The Hall–Kier alpha value is -1.68. The number of rotatable bonds is 6. The van der Waals surface area contributed by atoms with Crippen LogP contribution in [0.5, 0.6) is 5.75 Å². The van der Waals surface area contributed by atoms with E-state index in [1.165, 1.54) is 12.1 Å². The first-order chi connectivity index (χ1) is 10.0. The summed E-state index contributed by atoms with van der Waals surface area (Å²) in [5, 5.41) is 0. The second-order valence-corrected chi connectivity index (χ2v) is 6.59. The molecule has 2 aromatic rings. The number of halogens is 1. The van der Waals surface area contributed by atoms with Gasteiger partial charge >= 0.3 is 0 Å². The highest BCUT2D eigenvalue weighted by molar-refractivity contribution is 7.83. The Morgan fingerprint density at radius 2 is 1.86 bits per heavy atom. The van der Waals surface area contributed by atoms with E-state index in [1.807, 2.05) is 38.1 Å². The van der Waals surface area contributed by atoms with Crippen molar-refractivity contribution in [3.63, 3.8) is 0 Å². The molecule has 0 amide bonds. The number of hydrogen-bond donors (Lipinski definition) is 0. The monoisotopic (exact) mass is 306 g/mol. The van der Waals surface area contributed by atoms with Gasteiger partial charge in [-0.2, -0.15) is 0 Å². The Morgan fingerprint density at radius 3 is 2.57 bits per heavy atom. The molecule has 0 aliphatic heterocycles. The number of ether oxygens (including phenoxy) is 1. The van der Waals surface area contributed by atoms with Crippen molar-refractivity contribution in [3.05, 3.63) is 65.5 Å². The Balaban J connectivity index is 2.06. The molecule has 0 heterocycles. The molecule has 4 heteroatoms. The van der Waals surface area contributed by atoms with E-state index in [0.717, 1.165) is 16.9 Å². The van der Waals surface area contributed by atoms with Gasteiger partial charge < -0.3 is 4.74 Å². The van der Waals surface area contributed by atoms with Crippen molar-refractivity contribution >= 4 is 10.8 Å². The standard InChI is InChI=1S/C17H19FO2S/c1-13(2)20-17-9-4-3-7-15(17)12-21(19)11-14-6-5-8-16(18)10-14/h3-10,13H,11-12H2,1-2H3. The smallest absolute Gasteiger partial charge is 0.123 e. The van der Waals surface area contributed by atoms with Crippen molar-refractivity contribution in [2.75, 3.05) is 0 Å². The third-order valence-electron chi connectivity index (χ3n) is 2.87. The van der Waals surface area contributed by atoms with Gasteiger partial charge in [-0.15, -0.1) is 0 Å². The topological polar surface area (TPSA) is 26.3 Å². The first-order valence-electron chi connectivity index (χ1n) is 6.88. The maximum Gasteiger partial charge on any atom is 0.123 e. The van der Waals surface area contributed by atoms with Crippen molar-refractivity contribution in [1.29, 1.82) is 0 Å². The Labute approximate surface area is 127 Å². The van der Waals surface area contributed by atoms with Gasteiger partial charge in [0.25, 0.3) is 0 Å². The lowest BCUT2D eigenvalue weighted by Crippen LogP contribution is -2.09. The van der Waals surface area contributed by atoms with Crippen molar-refractivity contribution in [3.8, 4) is 5.75 Å². The van der Waals surface area contributed by atoms with Crippen molar-refractivity contribution in [2.24, 2.45) is 0 Å². The quantitative estimate of drug-likeness (QED) is 0.804. The molecule has 0 aliphatic carbocycles. The van der Waals surface area contributed by atoms with E-state index < -0.39 is 10.8 Å². The van der Waals surface area contributed by atoms with Gasteiger partial charge in [-0.1, -0.05) is 30.3 Å². The van der Waals surface area contributed by atoms with E-state index >= 15 is 0 Å². The molecule has 0 bridgehead atoms. The lowest BCUT2D eigenvalue weighted by atomic mass is 10.2. The zero-order chi connectivity index (χ0) is 15.2. The predicted octanol–water partition coefficient (Wildman–Crippen LogP) is 4.06. The minimum atomic E-state index is -1.10. The van der Waals surface area contributed by atoms with Crippen LogP contribution < -0.4 is 4.74 Å². The molecule has 0 saturated carbocycles. The second-order valence-electron chi connectivity index (χ2n) is 5.13. The summed E-state index contributed by atoms with van der Waals surface area (Å²) in [6.07, 6.45) is 0.0720. The molecule has 0 spiro atoms. The fourth-order valence-corrected chi connectivity index (χ4v) is 3.27.